The first-order valence-electron chi connectivity index (χ1n) is 9.30. The topological polar surface area (TPSA) is 55.1 Å². The van der Waals surface area contributed by atoms with Crippen molar-refractivity contribution in [1.29, 1.82) is 0 Å². The van der Waals surface area contributed by atoms with Crippen LogP contribution >= 0.6 is 12.4 Å². The van der Waals surface area contributed by atoms with E-state index in [1.165, 1.54) is 24.8 Å². The molecular weight excluding hydrogens is 320 g/mol. The molecule has 0 aromatic heterocycles. The van der Waals surface area contributed by atoms with E-state index in [9.17, 15) is 4.79 Å². The maximum atomic E-state index is 12.6. The fourth-order valence-corrected chi connectivity index (χ4v) is 4.87. The zero-order valence-corrected chi connectivity index (χ0v) is 15.0. The number of hydrogen-bond donors (Lipinski definition) is 2. The van der Waals surface area contributed by atoms with E-state index in [1.807, 2.05) is 0 Å². The van der Waals surface area contributed by atoms with Crippen LogP contribution in [0.15, 0.2) is 30.3 Å². The lowest BCUT2D eigenvalue weighted by atomic mass is 9.65. The van der Waals surface area contributed by atoms with E-state index in [1.54, 1.807) is 0 Å². The lowest BCUT2D eigenvalue weighted by molar-refractivity contribution is -0.128. The molecule has 1 aromatic carbocycles. The molecule has 3 saturated carbocycles. The second-order valence-corrected chi connectivity index (χ2v) is 8.00. The summed E-state index contributed by atoms with van der Waals surface area (Å²) >= 11 is 0. The summed E-state index contributed by atoms with van der Waals surface area (Å²) < 4.78 is 0. The van der Waals surface area contributed by atoms with Gasteiger partial charge in [-0.25, -0.2) is 0 Å². The lowest BCUT2D eigenvalue weighted by Gasteiger charge is -2.43. The van der Waals surface area contributed by atoms with Crippen molar-refractivity contribution in [3.8, 4) is 0 Å². The smallest absolute Gasteiger partial charge is 0.223 e. The molecule has 0 radical (unpaired) electrons. The van der Waals surface area contributed by atoms with Gasteiger partial charge in [-0.15, -0.1) is 12.4 Å². The van der Waals surface area contributed by atoms with Crippen molar-refractivity contribution < 1.29 is 4.79 Å². The van der Waals surface area contributed by atoms with Crippen molar-refractivity contribution in [3.05, 3.63) is 35.9 Å². The van der Waals surface area contributed by atoms with Crippen molar-refractivity contribution in [2.45, 2.75) is 57.0 Å². The first-order valence-corrected chi connectivity index (χ1v) is 9.30. The molecule has 4 heteroatoms. The van der Waals surface area contributed by atoms with Crippen LogP contribution in [-0.4, -0.2) is 18.0 Å². The molecule has 4 rings (SSSR count). The van der Waals surface area contributed by atoms with Crippen LogP contribution < -0.4 is 11.1 Å². The molecule has 3 N–H and O–H groups in total. The zero-order chi connectivity index (χ0) is 15.8. The van der Waals surface area contributed by atoms with E-state index in [2.05, 4.69) is 35.6 Å². The Bertz CT molecular complexity index is 550. The van der Waals surface area contributed by atoms with Crippen molar-refractivity contribution >= 4 is 18.3 Å². The quantitative estimate of drug-likeness (QED) is 0.877. The van der Waals surface area contributed by atoms with Gasteiger partial charge in [0.05, 0.1) is 0 Å². The van der Waals surface area contributed by atoms with Gasteiger partial charge >= 0.3 is 0 Å². The second-order valence-electron chi connectivity index (χ2n) is 8.00. The molecular formula is C20H29ClN2O. The fraction of sp³-hybridized carbons (Fsp3) is 0.650. The van der Waals surface area contributed by atoms with Gasteiger partial charge in [-0.3, -0.25) is 4.79 Å². The van der Waals surface area contributed by atoms with E-state index < -0.39 is 0 Å². The third-order valence-electron chi connectivity index (χ3n) is 6.37. The Balaban J connectivity index is 0.00000169. The second kappa shape index (κ2) is 7.45. The van der Waals surface area contributed by atoms with E-state index in [-0.39, 0.29) is 18.3 Å². The van der Waals surface area contributed by atoms with Crippen LogP contribution in [0.2, 0.25) is 0 Å². The maximum Gasteiger partial charge on any atom is 0.223 e. The average molecular weight is 349 g/mol. The van der Waals surface area contributed by atoms with Crippen LogP contribution in [0.3, 0.4) is 0 Å². The Morgan fingerprint density at radius 2 is 1.75 bits per heavy atom. The first-order chi connectivity index (χ1) is 11.2. The summed E-state index contributed by atoms with van der Waals surface area (Å²) in [6.07, 6.45) is 8.01. The Morgan fingerprint density at radius 1 is 1.08 bits per heavy atom. The summed E-state index contributed by atoms with van der Waals surface area (Å²) in [4.78, 5) is 12.6. The predicted octanol–water partition coefficient (Wildman–Crippen LogP) is 3.31. The summed E-state index contributed by atoms with van der Waals surface area (Å²) in [5, 5.41) is 3.32. The number of hydrogen-bond acceptors (Lipinski definition) is 2. The highest BCUT2D eigenvalue weighted by Gasteiger charge is 2.43. The summed E-state index contributed by atoms with van der Waals surface area (Å²) in [6.45, 7) is 0. The number of rotatable bonds is 4. The van der Waals surface area contributed by atoms with Crippen LogP contribution in [0.25, 0.3) is 0 Å². The zero-order valence-electron chi connectivity index (χ0n) is 14.2. The van der Waals surface area contributed by atoms with Crippen molar-refractivity contribution in [2.75, 3.05) is 0 Å². The van der Waals surface area contributed by atoms with E-state index in [4.69, 9.17) is 5.73 Å². The summed E-state index contributed by atoms with van der Waals surface area (Å²) in [6, 6.07) is 11.4. The maximum absolute atomic E-state index is 12.6. The average Bonchev–Trinajstić information content (AvgIpc) is 3.25. The third-order valence-corrected chi connectivity index (χ3v) is 6.37. The number of nitrogens with two attached hydrogens (primary N) is 1. The van der Waals surface area contributed by atoms with Crippen LogP contribution in [-0.2, 0) is 11.2 Å². The summed E-state index contributed by atoms with van der Waals surface area (Å²) in [7, 11) is 0. The molecule has 3 aliphatic rings. The highest BCUT2D eigenvalue weighted by molar-refractivity contribution is 5.85. The minimum Gasteiger partial charge on any atom is -0.353 e. The highest BCUT2D eigenvalue weighted by atomic mass is 35.5. The molecule has 3 fully saturated rings. The minimum atomic E-state index is 0. The number of amides is 1. The molecule has 1 amide bonds. The van der Waals surface area contributed by atoms with Gasteiger partial charge in [-0.1, -0.05) is 36.8 Å². The Kier molecular flexibility index (Phi) is 5.51. The normalized spacial score (nSPS) is 37.2. The van der Waals surface area contributed by atoms with Crippen molar-refractivity contribution in [3.63, 3.8) is 0 Å². The van der Waals surface area contributed by atoms with Gasteiger partial charge in [0.2, 0.25) is 5.91 Å². The number of nitrogens with one attached hydrogen (secondary N) is 1. The van der Waals surface area contributed by atoms with Crippen LogP contribution in [0, 0.1) is 23.7 Å². The molecule has 0 heterocycles. The number of carbonyl (C=O) groups excluding carboxylic acids is 1. The molecule has 132 valence electrons. The highest BCUT2D eigenvalue weighted by Crippen LogP contribution is 2.42. The SMILES string of the molecule is Cl.NC1C2CCCC1CC(C(=O)NC1CC1Cc1ccccc1)C2. The van der Waals surface area contributed by atoms with E-state index in [0.717, 1.165) is 25.7 Å². The third kappa shape index (κ3) is 3.78. The molecule has 1 aromatic rings. The lowest BCUT2D eigenvalue weighted by Crippen LogP contribution is -2.49. The van der Waals surface area contributed by atoms with Crippen LogP contribution in [0.4, 0.5) is 0 Å². The molecule has 24 heavy (non-hydrogen) atoms. The molecule has 4 atom stereocenters. The van der Waals surface area contributed by atoms with Crippen LogP contribution in [0.1, 0.15) is 44.1 Å². The monoisotopic (exact) mass is 348 g/mol. The summed E-state index contributed by atoms with van der Waals surface area (Å²) in [5.74, 6) is 2.30. The number of benzene rings is 1. The Hall–Kier alpha value is -1.06. The van der Waals surface area contributed by atoms with Crippen molar-refractivity contribution in [2.24, 2.45) is 29.4 Å². The Morgan fingerprint density at radius 3 is 2.42 bits per heavy atom. The number of carbonyl (C=O) groups is 1. The fourth-order valence-electron chi connectivity index (χ4n) is 4.87. The predicted molar refractivity (Wildman–Crippen MR) is 99.0 cm³/mol. The van der Waals surface area contributed by atoms with Gasteiger partial charge in [0.1, 0.15) is 0 Å². The van der Waals surface area contributed by atoms with Gasteiger partial charge in [0.25, 0.3) is 0 Å². The number of fused-ring (bicyclic) bond motifs is 2. The van der Waals surface area contributed by atoms with Gasteiger partial charge in [0.15, 0.2) is 0 Å². The molecule has 3 nitrogen and oxygen atoms in total. The standard InChI is InChI=1S/C20H28N2O.ClH/c21-19-14-7-4-8-15(19)11-17(10-14)20(23)22-18-12-16(18)9-13-5-2-1-3-6-13;/h1-3,5-6,14-19H,4,7-12,21H2,(H,22,23);1H. The van der Waals surface area contributed by atoms with Crippen molar-refractivity contribution in [1.82, 2.24) is 5.32 Å². The van der Waals surface area contributed by atoms with Gasteiger partial charge in [-0.2, -0.15) is 0 Å². The molecule has 0 spiro atoms. The first kappa shape index (κ1) is 17.8. The molecule has 0 aliphatic heterocycles. The minimum absolute atomic E-state index is 0. The van der Waals surface area contributed by atoms with Gasteiger partial charge in [-0.05, 0) is 61.8 Å². The van der Waals surface area contributed by atoms with Crippen LogP contribution in [0.5, 0.6) is 0 Å². The van der Waals surface area contributed by atoms with E-state index >= 15 is 0 Å². The molecule has 3 aliphatic carbocycles. The summed E-state index contributed by atoms with van der Waals surface area (Å²) in [5.41, 5.74) is 7.72. The van der Waals surface area contributed by atoms with Gasteiger partial charge in [0, 0.05) is 18.0 Å². The molecule has 2 bridgehead atoms. The number of halogens is 1. The van der Waals surface area contributed by atoms with Gasteiger partial charge < -0.3 is 11.1 Å². The Labute approximate surface area is 151 Å². The van der Waals surface area contributed by atoms with E-state index in [0.29, 0.717) is 35.7 Å². The molecule has 0 saturated heterocycles. The largest absolute Gasteiger partial charge is 0.353 e. The molecule has 4 unspecified atom stereocenters.